The molecule has 0 saturated carbocycles. The lowest BCUT2D eigenvalue weighted by atomic mass is 10.1. The Morgan fingerprint density at radius 1 is 1.19 bits per heavy atom. The average Bonchev–Trinajstić information content (AvgIpc) is 3.27. The van der Waals surface area contributed by atoms with Crippen LogP contribution in [0.4, 0.5) is 27.4 Å². The topological polar surface area (TPSA) is 152 Å². The first-order valence-electron chi connectivity index (χ1n) is 13.1. The molecule has 0 spiro atoms. The summed E-state index contributed by atoms with van der Waals surface area (Å²) in [4.78, 5) is 40.2. The number of carbonyl (C=O) groups is 1. The lowest BCUT2D eigenvalue weighted by molar-refractivity contribution is -0.384. The number of aromatic carboxylic acids is 1. The lowest BCUT2D eigenvalue weighted by Crippen LogP contribution is -2.29. The third-order valence-electron chi connectivity index (χ3n) is 6.77. The van der Waals surface area contributed by atoms with Crippen molar-refractivity contribution in [3.05, 3.63) is 57.8 Å². The van der Waals surface area contributed by atoms with Gasteiger partial charge in [-0.05, 0) is 47.0 Å². The van der Waals surface area contributed by atoms with E-state index in [2.05, 4.69) is 20.3 Å². The SMILES string of the molecule is COc1cc(N(C)CCN(C)C)c([N+](=O)[O-])cc1Nc1ncc(C(=O)O)c(-c2cc(F)c3nc(C)n(C(C)C)c3c2)n1. The van der Waals surface area contributed by atoms with E-state index < -0.39 is 16.7 Å². The number of anilines is 3. The molecule has 14 heteroatoms. The molecule has 0 bridgehead atoms. The van der Waals surface area contributed by atoms with Crippen LogP contribution in [0.15, 0.2) is 30.5 Å². The van der Waals surface area contributed by atoms with E-state index in [9.17, 15) is 20.0 Å². The van der Waals surface area contributed by atoms with Crippen molar-refractivity contribution < 1.29 is 24.0 Å². The highest BCUT2D eigenvalue weighted by atomic mass is 19.1. The number of ether oxygens (including phenoxy) is 1. The van der Waals surface area contributed by atoms with Crippen LogP contribution in [-0.2, 0) is 0 Å². The van der Waals surface area contributed by atoms with Crippen molar-refractivity contribution >= 4 is 40.0 Å². The minimum atomic E-state index is -1.30. The fraction of sp³-hybridized carbons (Fsp3) is 0.357. The molecule has 2 heterocycles. The van der Waals surface area contributed by atoms with Gasteiger partial charge in [-0.15, -0.1) is 0 Å². The number of halogens is 1. The van der Waals surface area contributed by atoms with E-state index >= 15 is 4.39 Å². The molecule has 4 rings (SSSR count). The molecule has 0 radical (unpaired) electrons. The molecule has 2 aromatic carbocycles. The summed E-state index contributed by atoms with van der Waals surface area (Å²) < 4.78 is 22.6. The first kappa shape index (κ1) is 30.1. The highest BCUT2D eigenvalue weighted by Crippen LogP contribution is 2.39. The first-order valence-corrected chi connectivity index (χ1v) is 13.1. The molecule has 0 fully saturated rings. The van der Waals surface area contributed by atoms with Gasteiger partial charge >= 0.3 is 5.97 Å². The monoisotopic (exact) mass is 580 g/mol. The van der Waals surface area contributed by atoms with E-state index in [1.54, 1.807) is 31.0 Å². The molecule has 0 aliphatic rings. The van der Waals surface area contributed by atoms with Gasteiger partial charge < -0.3 is 29.5 Å². The second-order valence-corrected chi connectivity index (χ2v) is 10.4. The van der Waals surface area contributed by atoms with E-state index in [1.165, 1.54) is 19.2 Å². The Morgan fingerprint density at radius 3 is 2.50 bits per heavy atom. The van der Waals surface area contributed by atoms with Crippen LogP contribution in [-0.4, -0.2) is 81.8 Å². The fourth-order valence-corrected chi connectivity index (χ4v) is 4.74. The standard InChI is InChI=1S/C28H33FN8O5/c1-15(2)36-16(3)31-26-19(29)10-17(11-23(26)36)25-18(27(38)39)14-30-28(33-25)32-20-12-22(37(40)41)21(13-24(20)42-7)35(6)9-8-34(4)5/h10-15H,8-9H2,1-7H3,(H,38,39)(H,30,32,33). The number of carboxylic acids is 1. The largest absolute Gasteiger partial charge is 0.494 e. The zero-order chi connectivity index (χ0) is 30.9. The van der Waals surface area contributed by atoms with Crippen LogP contribution in [0.2, 0.25) is 0 Å². The van der Waals surface area contributed by atoms with Crippen molar-refractivity contribution in [3.8, 4) is 17.0 Å². The number of nitro groups is 1. The minimum absolute atomic E-state index is 0.0284. The molecule has 0 saturated heterocycles. The van der Waals surface area contributed by atoms with Crippen molar-refractivity contribution in [2.45, 2.75) is 26.8 Å². The van der Waals surface area contributed by atoms with Crippen molar-refractivity contribution in [2.24, 2.45) is 0 Å². The predicted molar refractivity (Wildman–Crippen MR) is 158 cm³/mol. The molecule has 222 valence electrons. The molecule has 0 amide bonds. The van der Waals surface area contributed by atoms with Crippen LogP contribution in [0.3, 0.4) is 0 Å². The van der Waals surface area contributed by atoms with Gasteiger partial charge in [0.2, 0.25) is 5.95 Å². The summed E-state index contributed by atoms with van der Waals surface area (Å²) in [5.41, 5.74) is 0.958. The molecule has 13 nitrogen and oxygen atoms in total. The van der Waals surface area contributed by atoms with Gasteiger partial charge in [0, 0.05) is 50.1 Å². The number of hydrogen-bond acceptors (Lipinski definition) is 10. The highest BCUT2D eigenvalue weighted by Gasteiger charge is 2.24. The maximum atomic E-state index is 15.2. The Kier molecular flexibility index (Phi) is 8.56. The maximum absolute atomic E-state index is 15.2. The summed E-state index contributed by atoms with van der Waals surface area (Å²) in [6, 6.07) is 5.65. The van der Waals surface area contributed by atoms with Gasteiger partial charge in [0.25, 0.3) is 5.69 Å². The Hall–Kier alpha value is -4.85. The fourth-order valence-electron chi connectivity index (χ4n) is 4.74. The number of fused-ring (bicyclic) bond motifs is 1. The molecule has 2 N–H and O–H groups in total. The number of imidazole rings is 1. The number of aryl methyl sites for hydroxylation is 1. The Morgan fingerprint density at radius 2 is 1.90 bits per heavy atom. The van der Waals surface area contributed by atoms with Gasteiger partial charge in [0.15, 0.2) is 5.82 Å². The molecule has 0 aliphatic carbocycles. The molecule has 0 aliphatic heterocycles. The molecule has 0 atom stereocenters. The molecule has 4 aromatic rings. The van der Waals surface area contributed by atoms with Crippen LogP contribution in [0, 0.1) is 22.9 Å². The van der Waals surface area contributed by atoms with Crippen LogP contribution in [0.5, 0.6) is 5.75 Å². The molecular weight excluding hydrogens is 547 g/mol. The predicted octanol–water partition coefficient (Wildman–Crippen LogP) is 4.88. The number of carboxylic acid groups (broad SMARTS) is 1. The van der Waals surface area contributed by atoms with E-state index in [1.807, 2.05) is 37.4 Å². The van der Waals surface area contributed by atoms with Crippen LogP contribution < -0.4 is 15.0 Å². The Balaban J connectivity index is 1.82. The second kappa shape index (κ2) is 11.9. The number of hydrogen-bond donors (Lipinski definition) is 2. The second-order valence-electron chi connectivity index (χ2n) is 10.4. The molecule has 2 aromatic heterocycles. The summed E-state index contributed by atoms with van der Waals surface area (Å²) in [5.74, 6) is -1.09. The van der Waals surface area contributed by atoms with Gasteiger partial charge in [-0.2, -0.15) is 0 Å². The van der Waals surface area contributed by atoms with Gasteiger partial charge in [0.1, 0.15) is 28.3 Å². The molecule has 42 heavy (non-hydrogen) atoms. The Bertz CT molecular complexity index is 1670. The number of aromatic nitrogens is 4. The summed E-state index contributed by atoms with van der Waals surface area (Å²) >= 11 is 0. The number of nitro benzene ring substituents is 1. The van der Waals surface area contributed by atoms with Gasteiger partial charge in [-0.25, -0.2) is 24.1 Å². The third kappa shape index (κ3) is 5.93. The first-order chi connectivity index (χ1) is 19.8. The van der Waals surface area contributed by atoms with Gasteiger partial charge in [-0.1, -0.05) is 0 Å². The minimum Gasteiger partial charge on any atom is -0.494 e. The number of likely N-dealkylation sites (N-methyl/N-ethyl adjacent to an activating group) is 2. The Labute approximate surface area is 241 Å². The third-order valence-corrected chi connectivity index (χ3v) is 6.77. The van der Waals surface area contributed by atoms with Crippen LogP contribution >= 0.6 is 0 Å². The average molecular weight is 581 g/mol. The smallest absolute Gasteiger partial charge is 0.339 e. The quantitative estimate of drug-likeness (QED) is 0.184. The van der Waals surface area contributed by atoms with E-state index in [0.29, 0.717) is 30.1 Å². The number of rotatable bonds is 11. The number of methoxy groups -OCH3 is 1. The summed E-state index contributed by atoms with van der Waals surface area (Å²) in [5, 5.41) is 24.8. The van der Waals surface area contributed by atoms with Crippen molar-refractivity contribution in [3.63, 3.8) is 0 Å². The summed E-state index contributed by atoms with van der Waals surface area (Å²) in [7, 11) is 6.99. The van der Waals surface area contributed by atoms with Gasteiger partial charge in [0.05, 0.1) is 28.9 Å². The van der Waals surface area contributed by atoms with Crippen molar-refractivity contribution in [2.75, 3.05) is 51.6 Å². The highest BCUT2D eigenvalue weighted by molar-refractivity contribution is 5.96. The molecular formula is C28H33FN8O5. The van der Waals surface area contributed by atoms with Crippen molar-refractivity contribution in [1.29, 1.82) is 0 Å². The zero-order valence-corrected chi connectivity index (χ0v) is 24.5. The van der Waals surface area contributed by atoms with E-state index in [0.717, 1.165) is 6.20 Å². The van der Waals surface area contributed by atoms with Gasteiger partial charge in [-0.3, -0.25) is 10.1 Å². The number of nitrogens with one attached hydrogen (secondary N) is 1. The number of nitrogens with zero attached hydrogens (tertiary/aromatic N) is 7. The summed E-state index contributed by atoms with van der Waals surface area (Å²) in [6.45, 7) is 6.85. The lowest BCUT2D eigenvalue weighted by Gasteiger charge is -2.22. The number of benzene rings is 2. The maximum Gasteiger partial charge on any atom is 0.339 e. The zero-order valence-electron chi connectivity index (χ0n) is 24.5. The normalized spacial score (nSPS) is 11.4. The van der Waals surface area contributed by atoms with Crippen LogP contribution in [0.25, 0.3) is 22.3 Å². The molecule has 0 unspecified atom stereocenters. The van der Waals surface area contributed by atoms with E-state index in [4.69, 9.17) is 4.74 Å². The summed E-state index contributed by atoms with van der Waals surface area (Å²) in [6.07, 6.45) is 1.10. The van der Waals surface area contributed by atoms with E-state index in [-0.39, 0.29) is 51.5 Å². The van der Waals surface area contributed by atoms with Crippen molar-refractivity contribution in [1.82, 2.24) is 24.4 Å². The van der Waals surface area contributed by atoms with Crippen LogP contribution in [0.1, 0.15) is 36.1 Å².